The van der Waals surface area contributed by atoms with Crippen molar-refractivity contribution in [2.75, 3.05) is 10.2 Å². The number of nitrogens with zero attached hydrogens (tertiary/aromatic N) is 1. The van der Waals surface area contributed by atoms with Crippen LogP contribution in [0.5, 0.6) is 0 Å². The zero-order valence-corrected chi connectivity index (χ0v) is 16.2. The van der Waals surface area contributed by atoms with Gasteiger partial charge in [-0.15, -0.1) is 0 Å². The van der Waals surface area contributed by atoms with Crippen LogP contribution in [0.1, 0.15) is 20.7 Å². The molecule has 1 N–H and O–H groups in total. The number of carbonyl (C=O) groups is 2. The first-order valence-electron chi connectivity index (χ1n) is 9.63. The molecule has 0 saturated carbocycles. The standard InChI is InChI=1S/C26H20N2O2/c29-25(20-10-4-1-5-11-20)27-22-16-18-24(19-17-22)28(23-14-8-3-9-15-23)26(30)21-12-6-2-7-13-21/h1-19H,(H,27,29). The fourth-order valence-electron chi connectivity index (χ4n) is 3.16. The van der Waals surface area contributed by atoms with Crippen LogP contribution >= 0.6 is 0 Å². The second-order valence-corrected chi connectivity index (χ2v) is 6.71. The Balaban J connectivity index is 1.61. The molecule has 0 heterocycles. The van der Waals surface area contributed by atoms with E-state index in [0.717, 1.165) is 5.69 Å². The average molecular weight is 392 g/mol. The van der Waals surface area contributed by atoms with E-state index in [1.165, 1.54) is 0 Å². The van der Waals surface area contributed by atoms with Gasteiger partial charge >= 0.3 is 0 Å². The van der Waals surface area contributed by atoms with Crippen LogP contribution in [0.25, 0.3) is 0 Å². The number of para-hydroxylation sites is 1. The van der Waals surface area contributed by atoms with Gasteiger partial charge in [0.25, 0.3) is 11.8 Å². The molecule has 0 bridgehead atoms. The monoisotopic (exact) mass is 392 g/mol. The third-order valence-electron chi connectivity index (χ3n) is 4.66. The van der Waals surface area contributed by atoms with E-state index < -0.39 is 0 Å². The van der Waals surface area contributed by atoms with Crippen molar-refractivity contribution in [3.63, 3.8) is 0 Å². The van der Waals surface area contributed by atoms with Crippen LogP contribution < -0.4 is 10.2 Å². The van der Waals surface area contributed by atoms with Gasteiger partial charge in [0.05, 0.1) is 0 Å². The van der Waals surface area contributed by atoms with Crippen LogP contribution in [-0.4, -0.2) is 11.8 Å². The predicted molar refractivity (Wildman–Crippen MR) is 120 cm³/mol. The maximum absolute atomic E-state index is 13.2. The Bertz CT molecular complexity index is 1130. The van der Waals surface area contributed by atoms with E-state index in [0.29, 0.717) is 22.5 Å². The molecule has 0 aromatic heterocycles. The summed E-state index contributed by atoms with van der Waals surface area (Å²) in [6.07, 6.45) is 0. The van der Waals surface area contributed by atoms with Crippen molar-refractivity contribution in [3.8, 4) is 0 Å². The summed E-state index contributed by atoms with van der Waals surface area (Å²) >= 11 is 0. The van der Waals surface area contributed by atoms with Gasteiger partial charge in [-0.25, -0.2) is 0 Å². The lowest BCUT2D eigenvalue weighted by atomic mass is 10.1. The summed E-state index contributed by atoms with van der Waals surface area (Å²) < 4.78 is 0. The summed E-state index contributed by atoms with van der Waals surface area (Å²) in [5, 5.41) is 2.88. The van der Waals surface area contributed by atoms with Crippen molar-refractivity contribution in [2.45, 2.75) is 0 Å². The molecule has 0 radical (unpaired) electrons. The molecule has 4 heteroatoms. The minimum atomic E-state index is -0.177. The molecule has 4 nitrogen and oxygen atoms in total. The normalized spacial score (nSPS) is 10.3. The van der Waals surface area contributed by atoms with E-state index in [9.17, 15) is 9.59 Å². The fourth-order valence-corrected chi connectivity index (χ4v) is 3.16. The van der Waals surface area contributed by atoms with Crippen LogP contribution in [0.15, 0.2) is 115 Å². The van der Waals surface area contributed by atoms with Gasteiger partial charge in [0, 0.05) is 28.2 Å². The molecule has 30 heavy (non-hydrogen) atoms. The van der Waals surface area contributed by atoms with Crippen LogP contribution in [0.2, 0.25) is 0 Å². The number of hydrogen-bond acceptors (Lipinski definition) is 2. The SMILES string of the molecule is O=C(Nc1ccc(N(C(=O)c2ccccc2)c2ccccc2)cc1)c1ccccc1. The molecule has 0 aliphatic heterocycles. The van der Waals surface area contributed by atoms with Crippen molar-refractivity contribution < 1.29 is 9.59 Å². The first-order valence-corrected chi connectivity index (χ1v) is 9.63. The molecule has 0 saturated heterocycles. The topological polar surface area (TPSA) is 49.4 Å². The van der Waals surface area contributed by atoms with Crippen LogP contribution in [0, 0.1) is 0 Å². The number of amides is 2. The number of anilines is 3. The quantitative estimate of drug-likeness (QED) is 0.458. The van der Waals surface area contributed by atoms with Gasteiger partial charge in [0.15, 0.2) is 0 Å². The molecule has 0 aliphatic carbocycles. The molecule has 0 unspecified atom stereocenters. The Morgan fingerprint density at radius 1 is 0.533 bits per heavy atom. The molecule has 0 aliphatic rings. The average Bonchev–Trinajstić information content (AvgIpc) is 2.82. The smallest absolute Gasteiger partial charge is 0.262 e. The van der Waals surface area contributed by atoms with Gasteiger partial charge < -0.3 is 5.32 Å². The second kappa shape index (κ2) is 8.88. The van der Waals surface area contributed by atoms with E-state index >= 15 is 0 Å². The lowest BCUT2D eigenvalue weighted by molar-refractivity contribution is 0.0996. The molecular weight excluding hydrogens is 372 g/mol. The Morgan fingerprint density at radius 2 is 1.00 bits per heavy atom. The van der Waals surface area contributed by atoms with Crippen molar-refractivity contribution in [2.24, 2.45) is 0 Å². The van der Waals surface area contributed by atoms with Gasteiger partial charge in [-0.05, 0) is 60.7 Å². The first kappa shape index (κ1) is 19.2. The Morgan fingerprint density at radius 3 is 1.57 bits per heavy atom. The summed E-state index contributed by atoms with van der Waals surface area (Å²) in [7, 11) is 0. The second-order valence-electron chi connectivity index (χ2n) is 6.71. The van der Waals surface area contributed by atoms with Crippen LogP contribution in [0.4, 0.5) is 17.1 Å². The molecule has 4 rings (SSSR count). The summed E-state index contributed by atoms with van der Waals surface area (Å²) in [6, 6.07) is 35.0. The van der Waals surface area contributed by atoms with Gasteiger partial charge in [-0.3, -0.25) is 14.5 Å². The van der Waals surface area contributed by atoms with Crippen molar-refractivity contribution >= 4 is 28.9 Å². The molecule has 4 aromatic rings. The number of benzene rings is 4. The molecule has 0 atom stereocenters. The number of carbonyl (C=O) groups excluding carboxylic acids is 2. The lowest BCUT2D eigenvalue weighted by Crippen LogP contribution is -2.25. The molecular formula is C26H20N2O2. The van der Waals surface area contributed by atoms with Crippen molar-refractivity contribution in [3.05, 3.63) is 126 Å². The summed E-state index contributed by atoms with van der Waals surface area (Å²) in [6.45, 7) is 0. The van der Waals surface area contributed by atoms with Crippen molar-refractivity contribution in [1.29, 1.82) is 0 Å². The molecule has 4 aromatic carbocycles. The summed E-state index contributed by atoms with van der Waals surface area (Å²) in [4.78, 5) is 27.3. The Kier molecular flexibility index (Phi) is 5.67. The maximum atomic E-state index is 13.2. The first-order chi connectivity index (χ1) is 14.7. The third kappa shape index (κ3) is 4.28. The van der Waals surface area contributed by atoms with Gasteiger partial charge in [0.1, 0.15) is 0 Å². The summed E-state index contributed by atoms with van der Waals surface area (Å²) in [5.74, 6) is -0.300. The molecule has 0 spiro atoms. The lowest BCUT2D eigenvalue weighted by Gasteiger charge is -2.23. The van der Waals surface area contributed by atoms with Gasteiger partial charge in [0.2, 0.25) is 0 Å². The van der Waals surface area contributed by atoms with Gasteiger partial charge in [-0.1, -0.05) is 54.6 Å². The highest BCUT2D eigenvalue weighted by atomic mass is 16.2. The van der Waals surface area contributed by atoms with E-state index in [4.69, 9.17) is 0 Å². The Labute approximate surface area is 175 Å². The van der Waals surface area contributed by atoms with E-state index in [2.05, 4.69) is 5.32 Å². The molecule has 146 valence electrons. The fraction of sp³-hybridized carbons (Fsp3) is 0. The predicted octanol–water partition coefficient (Wildman–Crippen LogP) is 5.92. The molecule has 2 amide bonds. The van der Waals surface area contributed by atoms with E-state index in [1.807, 2.05) is 78.9 Å². The highest BCUT2D eigenvalue weighted by Gasteiger charge is 2.19. The highest BCUT2D eigenvalue weighted by Crippen LogP contribution is 2.28. The van der Waals surface area contributed by atoms with E-state index in [1.54, 1.807) is 41.3 Å². The Hall–Kier alpha value is -4.18. The van der Waals surface area contributed by atoms with Gasteiger partial charge in [-0.2, -0.15) is 0 Å². The summed E-state index contributed by atoms with van der Waals surface area (Å²) in [5.41, 5.74) is 3.34. The minimum Gasteiger partial charge on any atom is -0.322 e. The number of hydrogen-bond donors (Lipinski definition) is 1. The van der Waals surface area contributed by atoms with Crippen molar-refractivity contribution in [1.82, 2.24) is 0 Å². The highest BCUT2D eigenvalue weighted by molar-refractivity contribution is 6.11. The van der Waals surface area contributed by atoms with E-state index in [-0.39, 0.29) is 11.8 Å². The van der Waals surface area contributed by atoms with Crippen LogP contribution in [-0.2, 0) is 0 Å². The maximum Gasteiger partial charge on any atom is 0.262 e. The third-order valence-corrected chi connectivity index (χ3v) is 4.66. The number of rotatable bonds is 5. The number of nitrogens with one attached hydrogen (secondary N) is 1. The largest absolute Gasteiger partial charge is 0.322 e. The zero-order valence-electron chi connectivity index (χ0n) is 16.2. The zero-order chi connectivity index (χ0) is 20.8. The minimum absolute atomic E-state index is 0.122. The van der Waals surface area contributed by atoms with Crippen LogP contribution in [0.3, 0.4) is 0 Å². The molecule has 0 fully saturated rings.